The molecule has 9 nitrogen and oxygen atoms in total. The first kappa shape index (κ1) is 17.9. The van der Waals surface area contributed by atoms with Crippen LogP contribution < -0.4 is 15.2 Å². The van der Waals surface area contributed by atoms with E-state index in [2.05, 4.69) is 26.9 Å². The van der Waals surface area contributed by atoms with E-state index in [1.54, 1.807) is 18.6 Å². The smallest absolute Gasteiger partial charge is 0.320 e. The Kier molecular flexibility index (Phi) is 5.80. The number of nitrogens with two attached hydrogens (primary N) is 1. The quantitative estimate of drug-likeness (QED) is 0.551. The maximum absolute atomic E-state index is 8.77. The van der Waals surface area contributed by atoms with E-state index in [1.807, 2.05) is 10.6 Å². The van der Waals surface area contributed by atoms with Crippen LogP contribution in [0.15, 0.2) is 24.7 Å². The SMILES string of the molecule is CCCCOc1nc(N)c2ncn(Cc3ccc(OCCO)nc3)c2n1. The largest absolute Gasteiger partial charge is 0.475 e. The van der Waals surface area contributed by atoms with Crippen LogP contribution in [0.2, 0.25) is 0 Å². The molecule has 0 bridgehead atoms. The number of hydrogen-bond donors (Lipinski definition) is 2. The highest BCUT2D eigenvalue weighted by molar-refractivity contribution is 5.81. The van der Waals surface area contributed by atoms with Crippen molar-refractivity contribution in [1.29, 1.82) is 0 Å². The maximum Gasteiger partial charge on any atom is 0.320 e. The van der Waals surface area contributed by atoms with Crippen molar-refractivity contribution in [1.82, 2.24) is 24.5 Å². The molecule has 0 aromatic carbocycles. The van der Waals surface area contributed by atoms with Gasteiger partial charge < -0.3 is 24.9 Å². The highest BCUT2D eigenvalue weighted by atomic mass is 16.5. The van der Waals surface area contributed by atoms with Gasteiger partial charge in [0.15, 0.2) is 17.0 Å². The van der Waals surface area contributed by atoms with E-state index in [9.17, 15) is 0 Å². The van der Waals surface area contributed by atoms with Crippen LogP contribution in [0.3, 0.4) is 0 Å². The second-order valence-electron chi connectivity index (χ2n) is 5.71. The average Bonchev–Trinajstić information content (AvgIpc) is 3.05. The standard InChI is InChI=1S/C17H22N6O3/c1-2-3-7-26-17-21-15(18)14-16(22-17)23(11-20-14)10-12-4-5-13(19-9-12)25-8-6-24/h4-5,9,11,24H,2-3,6-8,10H2,1H3,(H2,18,21,22). The summed E-state index contributed by atoms with van der Waals surface area (Å²) in [6.07, 6.45) is 5.33. The molecule has 0 aliphatic rings. The van der Waals surface area contributed by atoms with Gasteiger partial charge in [-0.3, -0.25) is 0 Å². The highest BCUT2D eigenvalue weighted by Crippen LogP contribution is 2.20. The van der Waals surface area contributed by atoms with Gasteiger partial charge in [-0.25, -0.2) is 9.97 Å². The summed E-state index contributed by atoms with van der Waals surface area (Å²) in [7, 11) is 0. The fraction of sp³-hybridized carbons (Fsp3) is 0.412. The van der Waals surface area contributed by atoms with E-state index >= 15 is 0 Å². The molecule has 0 aliphatic carbocycles. The van der Waals surface area contributed by atoms with E-state index in [0.29, 0.717) is 36.0 Å². The molecule has 9 heteroatoms. The van der Waals surface area contributed by atoms with Crippen LogP contribution in [0.4, 0.5) is 5.82 Å². The van der Waals surface area contributed by atoms with Gasteiger partial charge in [-0.2, -0.15) is 9.97 Å². The van der Waals surface area contributed by atoms with Crippen molar-refractivity contribution >= 4 is 17.0 Å². The van der Waals surface area contributed by atoms with Crippen LogP contribution in [0, 0.1) is 0 Å². The van der Waals surface area contributed by atoms with Gasteiger partial charge in [0.25, 0.3) is 0 Å². The first-order valence-electron chi connectivity index (χ1n) is 8.51. The number of unbranched alkanes of at least 4 members (excludes halogenated alkanes) is 1. The minimum atomic E-state index is -0.0474. The average molecular weight is 358 g/mol. The fourth-order valence-corrected chi connectivity index (χ4v) is 2.37. The Labute approximate surface area is 150 Å². The van der Waals surface area contributed by atoms with Crippen molar-refractivity contribution in [2.45, 2.75) is 26.3 Å². The second kappa shape index (κ2) is 8.43. The van der Waals surface area contributed by atoms with Crippen LogP contribution in [-0.4, -0.2) is 49.4 Å². The summed E-state index contributed by atoms with van der Waals surface area (Å²) < 4.78 is 12.7. The Balaban J connectivity index is 1.78. The molecule has 0 aliphatic heterocycles. The topological polar surface area (TPSA) is 121 Å². The zero-order chi connectivity index (χ0) is 18.4. The normalized spacial score (nSPS) is 11.0. The van der Waals surface area contributed by atoms with E-state index < -0.39 is 0 Å². The minimum Gasteiger partial charge on any atom is -0.475 e. The van der Waals surface area contributed by atoms with E-state index in [-0.39, 0.29) is 19.2 Å². The molecule has 3 rings (SSSR count). The molecule has 26 heavy (non-hydrogen) atoms. The molecule has 0 radical (unpaired) electrons. The van der Waals surface area contributed by atoms with Gasteiger partial charge in [-0.15, -0.1) is 0 Å². The molecule has 0 unspecified atom stereocenters. The molecule has 0 amide bonds. The van der Waals surface area contributed by atoms with Crippen LogP contribution in [0.25, 0.3) is 11.2 Å². The molecule has 0 spiro atoms. The number of fused-ring (bicyclic) bond motifs is 1. The Hall–Kier alpha value is -2.94. The lowest BCUT2D eigenvalue weighted by Gasteiger charge is -2.08. The van der Waals surface area contributed by atoms with Gasteiger partial charge in [-0.1, -0.05) is 19.4 Å². The van der Waals surface area contributed by atoms with Gasteiger partial charge in [0.05, 0.1) is 26.1 Å². The monoisotopic (exact) mass is 358 g/mol. The van der Waals surface area contributed by atoms with Crippen LogP contribution in [0.5, 0.6) is 11.9 Å². The van der Waals surface area contributed by atoms with Crippen molar-refractivity contribution in [3.05, 3.63) is 30.2 Å². The molecule has 0 saturated heterocycles. The number of aliphatic hydroxyl groups excluding tert-OH is 1. The zero-order valence-corrected chi connectivity index (χ0v) is 14.6. The Morgan fingerprint density at radius 1 is 1.15 bits per heavy atom. The molecule has 3 N–H and O–H groups in total. The van der Waals surface area contributed by atoms with Gasteiger partial charge in [-0.05, 0) is 12.0 Å². The molecular weight excluding hydrogens is 336 g/mol. The number of nitrogens with zero attached hydrogens (tertiary/aromatic N) is 5. The molecule has 138 valence electrons. The second-order valence-corrected chi connectivity index (χ2v) is 5.71. The number of aromatic nitrogens is 5. The number of aliphatic hydroxyl groups is 1. The lowest BCUT2D eigenvalue weighted by molar-refractivity contribution is 0.196. The Morgan fingerprint density at radius 2 is 2.04 bits per heavy atom. The number of anilines is 1. The first-order valence-corrected chi connectivity index (χ1v) is 8.51. The number of rotatable bonds is 9. The third-order valence-corrected chi connectivity index (χ3v) is 3.69. The van der Waals surface area contributed by atoms with Gasteiger partial charge in [0.2, 0.25) is 5.88 Å². The lowest BCUT2D eigenvalue weighted by atomic mass is 10.3. The minimum absolute atomic E-state index is 0.0474. The van der Waals surface area contributed by atoms with Crippen LogP contribution in [0.1, 0.15) is 25.3 Å². The molecule has 3 aromatic rings. The third kappa shape index (κ3) is 4.17. The van der Waals surface area contributed by atoms with E-state index in [4.69, 9.17) is 20.3 Å². The number of pyridine rings is 1. The summed E-state index contributed by atoms with van der Waals surface area (Å²) in [5.41, 5.74) is 8.09. The maximum atomic E-state index is 8.77. The summed E-state index contributed by atoms with van der Waals surface area (Å²) in [4.78, 5) is 17.1. The van der Waals surface area contributed by atoms with Gasteiger partial charge >= 0.3 is 6.01 Å². The number of imidazole rings is 1. The lowest BCUT2D eigenvalue weighted by Crippen LogP contribution is -2.06. The number of nitrogen functional groups attached to an aromatic ring is 1. The molecule has 0 saturated carbocycles. The summed E-state index contributed by atoms with van der Waals surface area (Å²) in [6.45, 7) is 3.33. The van der Waals surface area contributed by atoms with Crippen molar-refractivity contribution < 1.29 is 14.6 Å². The van der Waals surface area contributed by atoms with Crippen LogP contribution >= 0.6 is 0 Å². The Morgan fingerprint density at radius 3 is 2.77 bits per heavy atom. The van der Waals surface area contributed by atoms with Gasteiger partial charge in [0.1, 0.15) is 6.61 Å². The highest BCUT2D eigenvalue weighted by Gasteiger charge is 2.12. The predicted molar refractivity (Wildman–Crippen MR) is 96.1 cm³/mol. The first-order chi connectivity index (χ1) is 12.7. The summed E-state index contributed by atoms with van der Waals surface area (Å²) in [5.74, 6) is 0.766. The molecule has 3 aromatic heterocycles. The van der Waals surface area contributed by atoms with Crippen molar-refractivity contribution in [2.75, 3.05) is 25.6 Å². The van der Waals surface area contributed by atoms with Gasteiger partial charge in [0, 0.05) is 12.3 Å². The molecule has 0 fully saturated rings. The predicted octanol–water partition coefficient (Wildman–Crippen LogP) is 1.40. The summed E-state index contributed by atoms with van der Waals surface area (Å²) in [6, 6.07) is 3.91. The molecular formula is C17H22N6O3. The summed E-state index contributed by atoms with van der Waals surface area (Å²) in [5, 5.41) is 8.77. The van der Waals surface area contributed by atoms with Crippen molar-refractivity contribution in [3.63, 3.8) is 0 Å². The van der Waals surface area contributed by atoms with E-state index in [0.717, 1.165) is 18.4 Å². The molecule has 0 atom stereocenters. The Bertz CT molecular complexity index is 850. The summed E-state index contributed by atoms with van der Waals surface area (Å²) >= 11 is 0. The van der Waals surface area contributed by atoms with Crippen LogP contribution in [-0.2, 0) is 6.54 Å². The molecule has 3 heterocycles. The number of hydrogen-bond acceptors (Lipinski definition) is 8. The number of ether oxygens (including phenoxy) is 2. The van der Waals surface area contributed by atoms with Crippen molar-refractivity contribution in [2.24, 2.45) is 0 Å². The zero-order valence-electron chi connectivity index (χ0n) is 14.6. The van der Waals surface area contributed by atoms with Crippen molar-refractivity contribution in [3.8, 4) is 11.9 Å². The van der Waals surface area contributed by atoms with E-state index in [1.165, 1.54) is 0 Å². The fourth-order valence-electron chi connectivity index (χ4n) is 2.37. The third-order valence-electron chi connectivity index (χ3n) is 3.69.